The largest absolute Gasteiger partial charge is 0.385 e. The Bertz CT molecular complexity index is 295. The fraction of sp³-hybridized carbons (Fsp3) is 0.667. The maximum Gasteiger partial charge on any atom is 0.137 e. The van der Waals surface area contributed by atoms with Crippen LogP contribution in [-0.4, -0.2) is 21.2 Å². The van der Waals surface area contributed by atoms with Gasteiger partial charge >= 0.3 is 0 Å². The van der Waals surface area contributed by atoms with Gasteiger partial charge in [-0.05, 0) is 19.4 Å². The molecule has 1 aliphatic rings. The van der Waals surface area contributed by atoms with Crippen LogP contribution in [0.4, 0.5) is 0 Å². The van der Waals surface area contributed by atoms with Gasteiger partial charge < -0.3 is 15.4 Å². The lowest BCUT2D eigenvalue weighted by Crippen LogP contribution is -2.14. The van der Waals surface area contributed by atoms with Crippen molar-refractivity contribution in [3.63, 3.8) is 0 Å². The lowest BCUT2D eigenvalue weighted by atomic mass is 10.1. The van der Waals surface area contributed by atoms with Crippen LogP contribution in [0.25, 0.3) is 0 Å². The number of hydrogen-bond donors (Lipinski definition) is 2. The number of imidazole rings is 1. The molecule has 1 aromatic rings. The van der Waals surface area contributed by atoms with Gasteiger partial charge in [0.2, 0.25) is 0 Å². The smallest absolute Gasteiger partial charge is 0.137 e. The van der Waals surface area contributed by atoms with Gasteiger partial charge in [0.05, 0.1) is 5.69 Å². The summed E-state index contributed by atoms with van der Waals surface area (Å²) < 4.78 is 2.04. The minimum Gasteiger partial charge on any atom is -0.385 e. The molecule has 4 heteroatoms. The molecule has 13 heavy (non-hydrogen) atoms. The summed E-state index contributed by atoms with van der Waals surface area (Å²) in [6.45, 7) is 1.59. The predicted octanol–water partition coefficient (Wildman–Crippen LogP) is 0.211. The molecule has 3 N–H and O–H groups in total. The summed E-state index contributed by atoms with van der Waals surface area (Å²) in [5.41, 5.74) is 6.44. The molecule has 1 atom stereocenters. The number of rotatable bonds is 2. The van der Waals surface area contributed by atoms with Crippen molar-refractivity contribution in [1.29, 1.82) is 0 Å². The van der Waals surface area contributed by atoms with Gasteiger partial charge in [-0.15, -0.1) is 0 Å². The molecule has 0 aromatic carbocycles. The van der Waals surface area contributed by atoms with Gasteiger partial charge in [0.1, 0.15) is 11.9 Å². The van der Waals surface area contributed by atoms with Crippen LogP contribution in [0.15, 0.2) is 6.20 Å². The van der Waals surface area contributed by atoms with Gasteiger partial charge in [0.15, 0.2) is 0 Å². The van der Waals surface area contributed by atoms with Gasteiger partial charge in [-0.25, -0.2) is 4.98 Å². The highest BCUT2D eigenvalue weighted by molar-refractivity contribution is 5.08. The van der Waals surface area contributed by atoms with Gasteiger partial charge in [0, 0.05) is 19.2 Å². The lowest BCUT2D eigenvalue weighted by molar-refractivity contribution is 0.133. The third-order valence-corrected chi connectivity index (χ3v) is 2.43. The number of nitrogens with two attached hydrogens (primary N) is 1. The van der Waals surface area contributed by atoms with E-state index in [0.29, 0.717) is 6.54 Å². The highest BCUT2D eigenvalue weighted by Crippen LogP contribution is 2.23. The topological polar surface area (TPSA) is 64.1 Å². The number of aliphatic hydroxyl groups is 1. The maximum absolute atomic E-state index is 9.63. The molecule has 1 unspecified atom stereocenters. The number of aromatic nitrogens is 2. The molecule has 72 valence electrons. The zero-order valence-electron chi connectivity index (χ0n) is 7.61. The van der Waals surface area contributed by atoms with Crippen LogP contribution in [0.2, 0.25) is 0 Å². The average Bonchev–Trinajstić information content (AvgIpc) is 2.49. The molecule has 0 bridgehead atoms. The van der Waals surface area contributed by atoms with Crippen LogP contribution < -0.4 is 5.73 Å². The van der Waals surface area contributed by atoms with Crippen molar-refractivity contribution >= 4 is 0 Å². The van der Waals surface area contributed by atoms with Crippen LogP contribution in [0.3, 0.4) is 0 Å². The molecule has 1 aliphatic heterocycles. The molecular formula is C9H15N3O. The van der Waals surface area contributed by atoms with Crippen LogP contribution >= 0.6 is 0 Å². The molecule has 0 spiro atoms. The summed E-state index contributed by atoms with van der Waals surface area (Å²) in [5.74, 6) is 0.815. The molecule has 4 nitrogen and oxygen atoms in total. The number of fused-ring (bicyclic) bond motifs is 1. The number of aliphatic hydroxyl groups excluding tert-OH is 1. The molecule has 0 saturated heterocycles. The highest BCUT2D eigenvalue weighted by atomic mass is 16.3. The Morgan fingerprint density at radius 3 is 3.23 bits per heavy atom. The van der Waals surface area contributed by atoms with E-state index in [1.54, 1.807) is 0 Å². The maximum atomic E-state index is 9.63. The fourth-order valence-corrected chi connectivity index (χ4v) is 1.78. The van der Waals surface area contributed by atoms with Gasteiger partial charge in [-0.1, -0.05) is 0 Å². The van der Waals surface area contributed by atoms with Crippen LogP contribution in [-0.2, 0) is 13.0 Å². The normalized spacial score (nSPS) is 21.5. The van der Waals surface area contributed by atoms with Crippen LogP contribution in [0.5, 0.6) is 0 Å². The first-order chi connectivity index (χ1) is 6.31. The Balaban J connectivity index is 2.25. The molecule has 0 amide bonds. The van der Waals surface area contributed by atoms with Crippen LogP contribution in [0, 0.1) is 0 Å². The molecule has 0 saturated carbocycles. The summed E-state index contributed by atoms with van der Waals surface area (Å²) in [5, 5.41) is 9.63. The second kappa shape index (κ2) is 3.47. The summed E-state index contributed by atoms with van der Waals surface area (Å²) >= 11 is 0. The first kappa shape index (κ1) is 8.72. The molecule has 2 heterocycles. The minimum absolute atomic E-state index is 0.375. The standard InChI is InChI=1S/C9H15N3O/c10-4-3-7-6-12-5-1-2-8(13)9(12)11-7/h6,8,13H,1-5,10H2. The van der Waals surface area contributed by atoms with E-state index in [1.807, 2.05) is 10.8 Å². The van der Waals surface area contributed by atoms with Crippen LogP contribution in [0.1, 0.15) is 30.5 Å². The monoisotopic (exact) mass is 181 g/mol. The minimum atomic E-state index is -0.375. The first-order valence-electron chi connectivity index (χ1n) is 4.75. The molecule has 2 rings (SSSR count). The summed E-state index contributed by atoms with van der Waals surface area (Å²) in [7, 11) is 0. The Hall–Kier alpha value is -0.870. The van der Waals surface area contributed by atoms with E-state index in [0.717, 1.165) is 37.3 Å². The molecule has 0 aliphatic carbocycles. The second-order valence-electron chi connectivity index (χ2n) is 3.48. The highest BCUT2D eigenvalue weighted by Gasteiger charge is 2.20. The Morgan fingerprint density at radius 2 is 2.54 bits per heavy atom. The van der Waals surface area contributed by atoms with Gasteiger partial charge in [-0.3, -0.25) is 0 Å². The number of nitrogens with zero attached hydrogens (tertiary/aromatic N) is 2. The van der Waals surface area contributed by atoms with Gasteiger partial charge in [-0.2, -0.15) is 0 Å². The van der Waals surface area contributed by atoms with Crippen molar-refractivity contribution in [2.45, 2.75) is 31.9 Å². The molecular weight excluding hydrogens is 166 g/mol. The lowest BCUT2D eigenvalue weighted by Gasteiger charge is -2.18. The van der Waals surface area contributed by atoms with E-state index < -0.39 is 0 Å². The second-order valence-corrected chi connectivity index (χ2v) is 3.48. The Kier molecular flexibility index (Phi) is 2.33. The summed E-state index contributed by atoms with van der Waals surface area (Å²) in [6.07, 6.45) is 4.29. The average molecular weight is 181 g/mol. The zero-order valence-corrected chi connectivity index (χ0v) is 7.61. The number of hydrogen-bond acceptors (Lipinski definition) is 3. The Morgan fingerprint density at radius 1 is 1.69 bits per heavy atom. The fourth-order valence-electron chi connectivity index (χ4n) is 1.78. The van der Waals surface area contributed by atoms with Crippen molar-refractivity contribution in [1.82, 2.24) is 9.55 Å². The van der Waals surface area contributed by atoms with Gasteiger partial charge in [0.25, 0.3) is 0 Å². The van der Waals surface area contributed by atoms with Crippen molar-refractivity contribution < 1.29 is 5.11 Å². The van der Waals surface area contributed by atoms with E-state index in [4.69, 9.17) is 5.73 Å². The SMILES string of the molecule is NCCc1cn2c(n1)C(O)CCC2. The van der Waals surface area contributed by atoms with E-state index in [1.165, 1.54) is 0 Å². The van der Waals surface area contributed by atoms with Crippen molar-refractivity contribution in [3.05, 3.63) is 17.7 Å². The van der Waals surface area contributed by atoms with E-state index >= 15 is 0 Å². The summed E-state index contributed by atoms with van der Waals surface area (Å²) in [6, 6.07) is 0. The summed E-state index contributed by atoms with van der Waals surface area (Å²) in [4.78, 5) is 4.35. The van der Waals surface area contributed by atoms with E-state index in [-0.39, 0.29) is 6.10 Å². The molecule has 0 radical (unpaired) electrons. The molecule has 0 fully saturated rings. The molecule has 1 aromatic heterocycles. The van der Waals surface area contributed by atoms with Crippen molar-refractivity contribution in [2.24, 2.45) is 5.73 Å². The third kappa shape index (κ3) is 1.59. The van der Waals surface area contributed by atoms with Crippen molar-refractivity contribution in [3.8, 4) is 0 Å². The van der Waals surface area contributed by atoms with E-state index in [2.05, 4.69) is 4.98 Å². The quantitative estimate of drug-likeness (QED) is 0.685. The van der Waals surface area contributed by atoms with Crippen molar-refractivity contribution in [2.75, 3.05) is 6.54 Å². The number of aryl methyl sites for hydroxylation is 1. The first-order valence-corrected chi connectivity index (χ1v) is 4.75. The third-order valence-electron chi connectivity index (χ3n) is 2.43. The van der Waals surface area contributed by atoms with E-state index in [9.17, 15) is 5.11 Å². The predicted molar refractivity (Wildman–Crippen MR) is 49.2 cm³/mol. The zero-order chi connectivity index (χ0) is 9.26. The Labute approximate surface area is 77.4 Å².